The minimum absolute atomic E-state index is 0. The highest BCUT2D eigenvalue weighted by Gasteiger charge is 2.13. The second-order valence-electron chi connectivity index (χ2n) is 2.78. The van der Waals surface area contributed by atoms with Crippen LogP contribution in [0.1, 0.15) is 0 Å². The third-order valence-electron chi connectivity index (χ3n) is 1.46. The molecule has 0 atom stereocenters. The van der Waals surface area contributed by atoms with Crippen molar-refractivity contribution in [2.75, 3.05) is 34.8 Å². The zero-order valence-corrected chi connectivity index (χ0v) is 9.83. The van der Waals surface area contributed by atoms with Crippen LogP contribution in [0.3, 0.4) is 0 Å². The molecule has 0 radical (unpaired) electrons. The largest absolute Gasteiger partial charge is 1.00 e. The van der Waals surface area contributed by atoms with Crippen molar-refractivity contribution in [2.45, 2.75) is 6.17 Å². The summed E-state index contributed by atoms with van der Waals surface area (Å²) in [6, 6.07) is 0. The van der Waals surface area contributed by atoms with E-state index in [1.165, 1.54) is 0 Å². The van der Waals surface area contributed by atoms with Crippen LogP contribution in [0.25, 0.3) is 0 Å². The lowest BCUT2D eigenvalue weighted by molar-refractivity contribution is -0.00000325. The highest BCUT2D eigenvalue weighted by Crippen LogP contribution is 1.96. The van der Waals surface area contributed by atoms with Gasteiger partial charge in [0.25, 0.3) is 0 Å². The molecule has 68 valence electrons. The molecule has 0 aliphatic carbocycles. The van der Waals surface area contributed by atoms with Crippen LogP contribution >= 0.6 is 0 Å². The lowest BCUT2D eigenvalue weighted by Crippen LogP contribution is -3.00. The molecule has 3 nitrogen and oxygen atoms in total. The summed E-state index contributed by atoms with van der Waals surface area (Å²) in [5.74, 6) is 0. The molecule has 0 spiro atoms. The molecule has 4 heteroatoms. The van der Waals surface area contributed by atoms with Gasteiger partial charge in [-0.05, 0) is 28.2 Å². The van der Waals surface area contributed by atoms with E-state index < -0.39 is 0 Å². The first-order valence-corrected chi connectivity index (χ1v) is 3.29. The predicted molar refractivity (Wildman–Crippen MR) is 42.5 cm³/mol. The molecule has 0 aromatic rings. The molecule has 0 fully saturated rings. The Bertz CT molecular complexity index is 80.5. The van der Waals surface area contributed by atoms with Crippen LogP contribution in [0, 0.1) is 7.11 Å². The van der Waals surface area contributed by atoms with Gasteiger partial charge in [-0.3, -0.25) is 9.80 Å². The van der Waals surface area contributed by atoms with Crippen LogP contribution in [-0.2, 0) is 4.74 Å². The molecule has 0 aromatic carbocycles. The average molecular weight is 272 g/mol. The van der Waals surface area contributed by atoms with Gasteiger partial charge in [-0.15, -0.1) is 0 Å². The number of hydrogen-bond acceptors (Lipinski definition) is 3. The Morgan fingerprint density at radius 3 is 1.64 bits per heavy atom. The molecule has 0 amide bonds. The van der Waals surface area contributed by atoms with Crippen molar-refractivity contribution in [1.82, 2.24) is 9.80 Å². The van der Waals surface area contributed by atoms with Crippen molar-refractivity contribution in [1.29, 1.82) is 0 Å². The van der Waals surface area contributed by atoms with Crippen LogP contribution in [0.4, 0.5) is 0 Å². The van der Waals surface area contributed by atoms with Crippen molar-refractivity contribution in [2.24, 2.45) is 0 Å². The summed E-state index contributed by atoms with van der Waals surface area (Å²) in [7, 11) is 11.4. The summed E-state index contributed by atoms with van der Waals surface area (Å²) >= 11 is 0. The zero-order chi connectivity index (χ0) is 8.15. The van der Waals surface area contributed by atoms with Crippen molar-refractivity contribution in [3.8, 4) is 0 Å². The first kappa shape index (κ1) is 14.0. The van der Waals surface area contributed by atoms with Gasteiger partial charge < -0.3 is 24.0 Å². The maximum atomic E-state index is 4.79. The van der Waals surface area contributed by atoms with E-state index in [4.69, 9.17) is 4.74 Å². The maximum absolute atomic E-state index is 4.79. The van der Waals surface area contributed by atoms with E-state index in [2.05, 4.69) is 16.9 Å². The van der Waals surface area contributed by atoms with E-state index in [0.717, 1.165) is 0 Å². The molecule has 11 heavy (non-hydrogen) atoms. The number of halogens is 1. The summed E-state index contributed by atoms with van der Waals surface area (Å²) in [6.07, 6.45) is 0.317. The van der Waals surface area contributed by atoms with Gasteiger partial charge in [-0.1, -0.05) is 0 Å². The Morgan fingerprint density at radius 1 is 1.18 bits per heavy atom. The Balaban J connectivity index is 0. The molecule has 0 rings (SSSR count). The minimum atomic E-state index is 0. The van der Waals surface area contributed by atoms with Crippen molar-refractivity contribution >= 4 is 0 Å². The highest BCUT2D eigenvalue weighted by molar-refractivity contribution is 4.60. The lowest BCUT2D eigenvalue weighted by Gasteiger charge is -2.28. The van der Waals surface area contributed by atoms with Crippen LogP contribution in [0.15, 0.2) is 0 Å². The summed E-state index contributed by atoms with van der Waals surface area (Å²) in [6.45, 7) is 0.639. The number of rotatable bonds is 4. The van der Waals surface area contributed by atoms with Gasteiger partial charge in [0.1, 0.15) is 6.61 Å². The number of ether oxygens (including phenoxy) is 1. The molecule has 0 aliphatic rings. The van der Waals surface area contributed by atoms with Crippen molar-refractivity contribution < 1.29 is 28.7 Å². The summed E-state index contributed by atoms with van der Waals surface area (Å²) in [4.78, 5) is 4.18. The predicted octanol–water partition coefficient (Wildman–Crippen LogP) is -2.75. The number of likely N-dealkylation sites (N-methyl/N-ethyl adjacent to an activating group) is 2. The Kier molecular flexibility index (Phi) is 9.11. The Hall–Kier alpha value is 0.480. The number of hydrogen-bond donors (Lipinski definition) is 0. The molecule has 0 aliphatic heterocycles. The topological polar surface area (TPSA) is 15.7 Å². The van der Waals surface area contributed by atoms with E-state index in [0.29, 0.717) is 12.8 Å². The fourth-order valence-electron chi connectivity index (χ4n) is 0.865. The van der Waals surface area contributed by atoms with Crippen LogP contribution in [0.5, 0.6) is 0 Å². The van der Waals surface area contributed by atoms with Crippen LogP contribution in [-0.4, -0.2) is 50.8 Å². The molecular formula is C7H17IN2O. The zero-order valence-electron chi connectivity index (χ0n) is 7.67. The highest BCUT2D eigenvalue weighted by atomic mass is 127. The summed E-state index contributed by atoms with van der Waals surface area (Å²) in [5, 5.41) is 0. The van der Waals surface area contributed by atoms with Gasteiger partial charge >= 0.3 is 0 Å². The van der Waals surface area contributed by atoms with Gasteiger partial charge in [0.15, 0.2) is 0 Å². The standard InChI is InChI=1S/C7H17N2O.HI/c1-8(2)7(6-10-5)9(3)4;/h7H,5-6H2,1-4H3;1H/q+1;/p-1. The van der Waals surface area contributed by atoms with Crippen LogP contribution < -0.4 is 24.0 Å². The Morgan fingerprint density at radius 2 is 1.55 bits per heavy atom. The smallest absolute Gasteiger partial charge is 0.213 e. The van der Waals surface area contributed by atoms with Gasteiger partial charge in [0.2, 0.25) is 7.11 Å². The molecule has 0 saturated carbocycles. The van der Waals surface area contributed by atoms with E-state index >= 15 is 0 Å². The van der Waals surface area contributed by atoms with Crippen LogP contribution in [0.2, 0.25) is 0 Å². The summed E-state index contributed by atoms with van der Waals surface area (Å²) < 4.78 is 4.79. The molecule has 0 saturated heterocycles. The van der Waals surface area contributed by atoms with E-state index in [1.54, 1.807) is 0 Å². The quantitative estimate of drug-likeness (QED) is 0.313. The number of nitrogens with zero attached hydrogens (tertiary/aromatic N) is 2. The SMILES string of the molecule is [CH2+]OCC(N(C)C)N(C)C.[I-]. The fourth-order valence-corrected chi connectivity index (χ4v) is 0.865. The maximum Gasteiger partial charge on any atom is 0.213 e. The van der Waals surface area contributed by atoms with E-state index in [1.807, 2.05) is 28.2 Å². The van der Waals surface area contributed by atoms with Crippen molar-refractivity contribution in [3.63, 3.8) is 0 Å². The first-order chi connectivity index (χ1) is 4.59. The van der Waals surface area contributed by atoms with Gasteiger partial charge in [-0.25, -0.2) is 0 Å². The molecule has 0 unspecified atom stereocenters. The molecule has 0 heterocycles. The van der Waals surface area contributed by atoms with E-state index in [-0.39, 0.29) is 24.0 Å². The van der Waals surface area contributed by atoms with Gasteiger partial charge in [-0.2, -0.15) is 4.74 Å². The molecule has 0 bridgehead atoms. The Labute approximate surface area is 86.7 Å². The second-order valence-corrected chi connectivity index (χ2v) is 2.78. The second kappa shape index (κ2) is 7.15. The normalized spacial score (nSPS) is 10.8. The molecule has 0 aromatic heterocycles. The van der Waals surface area contributed by atoms with E-state index in [9.17, 15) is 0 Å². The minimum Gasteiger partial charge on any atom is -1.00 e. The van der Waals surface area contributed by atoms with Crippen molar-refractivity contribution in [3.05, 3.63) is 7.11 Å². The average Bonchev–Trinajstić information content (AvgIpc) is 1.81. The third kappa shape index (κ3) is 5.72. The van der Waals surface area contributed by atoms with Gasteiger partial charge in [0.05, 0.1) is 6.17 Å². The monoisotopic (exact) mass is 272 g/mol. The summed E-state index contributed by atoms with van der Waals surface area (Å²) in [5.41, 5.74) is 0. The molecule has 0 N–H and O–H groups in total. The lowest BCUT2D eigenvalue weighted by atomic mass is 10.4. The fraction of sp³-hybridized carbons (Fsp3) is 0.857. The molecular weight excluding hydrogens is 255 g/mol. The first-order valence-electron chi connectivity index (χ1n) is 3.29. The third-order valence-corrected chi connectivity index (χ3v) is 1.46. The van der Waals surface area contributed by atoms with Gasteiger partial charge in [0, 0.05) is 0 Å².